The Morgan fingerprint density at radius 2 is 1.67 bits per heavy atom. The van der Waals surface area contributed by atoms with E-state index in [1.165, 1.54) is 21.9 Å². The van der Waals surface area contributed by atoms with Gasteiger partial charge in [0.2, 0.25) is 0 Å². The molecule has 11 heteroatoms. The zero-order chi connectivity index (χ0) is 32.2. The van der Waals surface area contributed by atoms with Crippen LogP contribution in [0.3, 0.4) is 0 Å². The Bertz CT molecular complexity index is 1300. The van der Waals surface area contributed by atoms with Crippen molar-refractivity contribution >= 4 is 28.4 Å². The van der Waals surface area contributed by atoms with Crippen molar-refractivity contribution in [2.75, 3.05) is 19.0 Å². The predicted molar refractivity (Wildman–Crippen MR) is 182 cm³/mol. The number of H-pyrrole nitrogens is 1. The first-order valence-electron chi connectivity index (χ1n) is 15.5. The first-order valence-corrected chi connectivity index (χ1v) is 22.3. The average molecular weight is 651 g/mol. The highest BCUT2D eigenvalue weighted by Gasteiger charge is 2.47. The van der Waals surface area contributed by atoms with E-state index >= 15 is 0 Å². The number of aromatic amines is 1. The van der Waals surface area contributed by atoms with Crippen LogP contribution in [0.2, 0.25) is 36.3 Å². The van der Waals surface area contributed by atoms with Crippen molar-refractivity contribution in [2.24, 2.45) is 0 Å². The van der Waals surface area contributed by atoms with Gasteiger partial charge in [-0.15, -0.1) is 0 Å². The third-order valence-corrected chi connectivity index (χ3v) is 19.8. The molecule has 1 aliphatic heterocycles. The van der Waals surface area contributed by atoms with Crippen LogP contribution in [0.4, 0.5) is 0 Å². The van der Waals surface area contributed by atoms with Crippen molar-refractivity contribution in [1.82, 2.24) is 9.55 Å². The van der Waals surface area contributed by atoms with Crippen molar-refractivity contribution in [1.29, 1.82) is 0 Å². The summed E-state index contributed by atoms with van der Waals surface area (Å²) >= 11 is 1.53. The van der Waals surface area contributed by atoms with Crippen LogP contribution in [0.5, 0.6) is 0 Å². The number of ether oxygens (including phenoxy) is 1. The summed E-state index contributed by atoms with van der Waals surface area (Å²) in [6.07, 6.45) is 2.46. The van der Waals surface area contributed by atoms with E-state index in [4.69, 9.17) is 13.6 Å². The number of aliphatic hydroxyl groups excluding tert-OH is 1. The third-order valence-electron chi connectivity index (χ3n) is 9.45. The highest BCUT2D eigenvalue weighted by Crippen LogP contribution is 2.42. The van der Waals surface area contributed by atoms with Gasteiger partial charge in [-0.2, -0.15) is 11.8 Å². The zero-order valence-electron chi connectivity index (χ0n) is 27.9. The van der Waals surface area contributed by atoms with Crippen LogP contribution in [0.25, 0.3) is 0 Å². The standard InChI is InChI=1S/C32H54N2O6SSi2/c1-31(2,3)42(7,8)38-22-26-25(40-43(9,10)32(4,5)6)20-28(39-26)34-21-24(29(36)33-30(34)37)27(41-19-18-35)17-16-23-14-12-11-13-15-23/h11-15,21,25-28,35H,16-20,22H2,1-10H3,(H,33,36,37)/t25-,26+,27?,28+/m0/s1. The van der Waals surface area contributed by atoms with E-state index in [9.17, 15) is 14.7 Å². The van der Waals surface area contributed by atoms with Crippen LogP contribution in [0, 0.1) is 0 Å². The number of nitrogens with zero attached hydrogens (tertiary/aromatic N) is 1. The van der Waals surface area contributed by atoms with E-state index in [1.54, 1.807) is 6.20 Å². The second kappa shape index (κ2) is 14.3. The summed E-state index contributed by atoms with van der Waals surface area (Å²) in [5.74, 6) is 0.493. The lowest BCUT2D eigenvalue weighted by Gasteiger charge is -2.40. The van der Waals surface area contributed by atoms with Crippen molar-refractivity contribution < 1.29 is 18.7 Å². The number of thioether (sulfide) groups is 1. The molecule has 0 bridgehead atoms. The quantitative estimate of drug-likeness (QED) is 0.235. The van der Waals surface area contributed by atoms with Gasteiger partial charge in [0.1, 0.15) is 12.3 Å². The second-order valence-corrected chi connectivity index (χ2v) is 25.6. The molecule has 242 valence electrons. The van der Waals surface area contributed by atoms with Gasteiger partial charge in [0, 0.05) is 29.2 Å². The van der Waals surface area contributed by atoms with E-state index in [1.807, 2.05) is 18.2 Å². The summed E-state index contributed by atoms with van der Waals surface area (Å²) in [4.78, 5) is 28.9. The fourth-order valence-electron chi connectivity index (χ4n) is 4.62. The molecular weight excluding hydrogens is 597 g/mol. The minimum Gasteiger partial charge on any atom is -0.414 e. The first kappa shape index (κ1) is 36.0. The molecule has 1 aromatic carbocycles. The van der Waals surface area contributed by atoms with Gasteiger partial charge in [-0.1, -0.05) is 71.9 Å². The van der Waals surface area contributed by atoms with Gasteiger partial charge in [0.05, 0.1) is 19.3 Å². The molecule has 0 aliphatic carbocycles. The number of aliphatic hydroxyl groups is 1. The van der Waals surface area contributed by atoms with Crippen molar-refractivity contribution in [3.63, 3.8) is 0 Å². The topological polar surface area (TPSA) is 103 Å². The molecule has 1 aromatic heterocycles. The lowest BCUT2D eigenvalue weighted by atomic mass is 10.1. The monoisotopic (exact) mass is 650 g/mol. The summed E-state index contributed by atoms with van der Waals surface area (Å²) in [6.45, 7) is 22.6. The summed E-state index contributed by atoms with van der Waals surface area (Å²) in [5, 5.41) is 9.42. The van der Waals surface area contributed by atoms with Crippen LogP contribution >= 0.6 is 11.8 Å². The molecule has 2 N–H and O–H groups in total. The molecule has 4 atom stereocenters. The van der Waals surface area contributed by atoms with Crippen LogP contribution in [0.1, 0.15) is 77.0 Å². The maximum atomic E-state index is 13.2. The molecule has 0 spiro atoms. The highest BCUT2D eigenvalue weighted by atomic mass is 32.2. The van der Waals surface area contributed by atoms with Crippen molar-refractivity contribution in [2.45, 2.75) is 121 Å². The molecule has 43 heavy (non-hydrogen) atoms. The van der Waals surface area contributed by atoms with Gasteiger partial charge in [0.15, 0.2) is 16.6 Å². The fraction of sp³-hybridized carbons (Fsp3) is 0.688. The number of rotatable bonds is 13. The lowest BCUT2D eigenvalue weighted by molar-refractivity contribution is -0.0413. The van der Waals surface area contributed by atoms with Crippen LogP contribution in [0.15, 0.2) is 46.1 Å². The Hall–Kier alpha value is -1.48. The average Bonchev–Trinajstić information content (AvgIpc) is 3.29. The van der Waals surface area contributed by atoms with Crippen LogP contribution < -0.4 is 11.2 Å². The summed E-state index contributed by atoms with van der Waals surface area (Å²) < 4.78 is 21.6. The first-order chi connectivity index (χ1) is 19.9. The second-order valence-electron chi connectivity index (χ2n) is 14.7. The maximum Gasteiger partial charge on any atom is 0.330 e. The molecule has 1 aliphatic rings. The number of nitrogens with one attached hydrogen (secondary N) is 1. The van der Waals surface area contributed by atoms with Gasteiger partial charge >= 0.3 is 5.69 Å². The Labute approximate surface area is 264 Å². The summed E-state index contributed by atoms with van der Waals surface area (Å²) in [5.41, 5.74) is 0.802. The van der Waals surface area contributed by atoms with Crippen LogP contribution in [-0.2, 0) is 20.0 Å². The van der Waals surface area contributed by atoms with Crippen molar-refractivity contribution in [3.8, 4) is 0 Å². The molecule has 0 radical (unpaired) electrons. The SMILES string of the molecule is CC(C)(C)[Si](C)(C)OC[C@H]1O[C@@H](n2cc(C(CCc3ccccc3)SCCO)c(=O)[nH]c2=O)C[C@@H]1O[Si](C)(C)C(C)(C)C. The zero-order valence-corrected chi connectivity index (χ0v) is 30.7. The minimum atomic E-state index is -2.16. The Morgan fingerprint density at radius 3 is 2.26 bits per heavy atom. The third kappa shape index (κ3) is 9.28. The van der Waals surface area contributed by atoms with Gasteiger partial charge in [-0.05, 0) is 54.7 Å². The highest BCUT2D eigenvalue weighted by molar-refractivity contribution is 7.99. The predicted octanol–water partition coefficient (Wildman–Crippen LogP) is 6.64. The Balaban J connectivity index is 1.93. The number of aryl methyl sites for hydroxylation is 1. The largest absolute Gasteiger partial charge is 0.414 e. The number of hydrogen-bond donors (Lipinski definition) is 2. The molecule has 1 saturated heterocycles. The summed E-state index contributed by atoms with van der Waals surface area (Å²) in [6, 6.07) is 10.1. The van der Waals surface area contributed by atoms with Gasteiger partial charge < -0.3 is 18.7 Å². The molecule has 0 saturated carbocycles. The smallest absolute Gasteiger partial charge is 0.330 e. The molecule has 8 nitrogen and oxygen atoms in total. The summed E-state index contributed by atoms with van der Waals surface area (Å²) in [7, 11) is -4.21. The molecule has 2 heterocycles. The van der Waals surface area contributed by atoms with E-state index in [0.29, 0.717) is 30.8 Å². The molecular formula is C32H54N2O6SSi2. The van der Waals surface area contributed by atoms with E-state index in [0.717, 1.165) is 6.42 Å². The minimum absolute atomic E-state index is 0.00776. The van der Waals surface area contributed by atoms with E-state index in [2.05, 4.69) is 84.8 Å². The van der Waals surface area contributed by atoms with Crippen LogP contribution in [-0.4, -0.2) is 62.5 Å². The normalized spacial score (nSPS) is 20.9. The molecule has 1 fully saturated rings. The lowest BCUT2D eigenvalue weighted by Crippen LogP contribution is -2.48. The number of aromatic nitrogens is 2. The van der Waals surface area contributed by atoms with Gasteiger partial charge in [-0.3, -0.25) is 14.3 Å². The Morgan fingerprint density at radius 1 is 1.05 bits per heavy atom. The van der Waals surface area contributed by atoms with Crippen molar-refractivity contribution in [3.05, 3.63) is 68.5 Å². The molecule has 2 aromatic rings. The number of benzene rings is 1. The van der Waals surface area contributed by atoms with E-state index < -0.39 is 34.1 Å². The number of hydrogen-bond acceptors (Lipinski definition) is 7. The molecule has 1 unspecified atom stereocenters. The molecule has 3 rings (SSSR count). The maximum absolute atomic E-state index is 13.2. The van der Waals surface area contributed by atoms with Gasteiger partial charge in [-0.25, -0.2) is 4.79 Å². The fourth-order valence-corrected chi connectivity index (χ4v) is 8.01. The van der Waals surface area contributed by atoms with E-state index in [-0.39, 0.29) is 34.1 Å². The molecule has 0 amide bonds. The Kier molecular flexibility index (Phi) is 12.0. The van der Waals surface area contributed by atoms with Gasteiger partial charge in [0.25, 0.3) is 5.56 Å².